The number of carbonyl (C=O) groups is 1. The number of hydrogen-bond donors (Lipinski definition) is 0. The Balaban J connectivity index is 2.29. The first-order chi connectivity index (χ1) is 13.1. The van der Waals surface area contributed by atoms with Gasteiger partial charge in [0.05, 0.1) is 18.0 Å². The van der Waals surface area contributed by atoms with Gasteiger partial charge in [0.25, 0.3) is 0 Å². The van der Waals surface area contributed by atoms with Gasteiger partial charge in [-0.05, 0) is 44.0 Å². The van der Waals surface area contributed by atoms with E-state index >= 15 is 0 Å². The topological polar surface area (TPSA) is 82.1 Å². The molecule has 0 saturated carbocycles. The molecule has 0 heterocycles. The van der Waals surface area contributed by atoms with E-state index in [0.717, 1.165) is 5.56 Å². The summed E-state index contributed by atoms with van der Waals surface area (Å²) in [6.07, 6.45) is -0.899. The van der Waals surface area contributed by atoms with E-state index in [9.17, 15) is 13.2 Å². The molecule has 2 rings (SSSR count). The van der Waals surface area contributed by atoms with E-state index in [1.165, 1.54) is 12.1 Å². The third-order valence-electron chi connectivity index (χ3n) is 3.45. The van der Waals surface area contributed by atoms with Gasteiger partial charge in [-0.2, -0.15) is 13.5 Å². The summed E-state index contributed by atoms with van der Waals surface area (Å²) in [5.74, 6) is 0. The first-order valence-corrected chi connectivity index (χ1v) is 10.1. The Morgan fingerprint density at radius 1 is 1.00 bits per heavy atom. The third-order valence-corrected chi connectivity index (χ3v) is 4.67. The second-order valence-electron chi connectivity index (χ2n) is 7.11. The van der Waals surface area contributed by atoms with Crippen LogP contribution >= 0.6 is 0 Å². The van der Waals surface area contributed by atoms with Crippen LogP contribution in [0.1, 0.15) is 31.9 Å². The van der Waals surface area contributed by atoms with Gasteiger partial charge in [0.1, 0.15) is 5.60 Å². The summed E-state index contributed by atoms with van der Waals surface area (Å²) in [5, 5.41) is 0.708. The van der Waals surface area contributed by atoms with Gasteiger partial charge < -0.3 is 9.47 Å². The highest BCUT2D eigenvalue weighted by Crippen LogP contribution is 2.19. The van der Waals surface area contributed by atoms with Crippen LogP contribution in [0.4, 0.5) is 4.79 Å². The average molecular weight is 407 g/mol. The maximum atomic E-state index is 12.6. The van der Waals surface area contributed by atoms with Crippen LogP contribution in [0.15, 0.2) is 59.5 Å². The van der Waals surface area contributed by atoms with Gasteiger partial charge in [-0.1, -0.05) is 42.5 Å². The van der Waals surface area contributed by atoms with Crippen molar-refractivity contribution in [2.75, 3.05) is 7.11 Å². The minimum Gasteiger partial charge on any atom is -0.442 e. The number of amides is 1. The zero-order chi connectivity index (χ0) is 20.8. The Morgan fingerprint density at radius 3 is 2.25 bits per heavy atom. The van der Waals surface area contributed by atoms with Crippen molar-refractivity contribution >= 4 is 16.2 Å². The Hall–Kier alpha value is -2.42. The van der Waals surface area contributed by atoms with Crippen molar-refractivity contribution in [1.29, 1.82) is 0 Å². The highest BCUT2D eigenvalue weighted by atomic mass is 32.2. The zero-order valence-corrected chi connectivity index (χ0v) is 17.2. The van der Waals surface area contributed by atoms with E-state index in [4.69, 9.17) is 13.8 Å². The molecule has 0 fully saturated rings. The fourth-order valence-corrected chi connectivity index (χ4v) is 3.26. The molecule has 0 spiro atoms. The number of hydrogen-bond acceptors (Lipinski definition) is 6. The van der Waals surface area contributed by atoms with Crippen molar-refractivity contribution in [1.82, 2.24) is 5.06 Å². The Labute approximate surface area is 165 Å². The molecule has 8 heteroatoms. The molecule has 0 saturated heterocycles. The highest BCUT2D eigenvalue weighted by molar-refractivity contribution is 7.86. The fourth-order valence-electron chi connectivity index (χ4n) is 2.33. The molecule has 0 aliphatic carbocycles. The van der Waals surface area contributed by atoms with Gasteiger partial charge in [0.2, 0.25) is 0 Å². The van der Waals surface area contributed by atoms with Crippen LogP contribution in [-0.4, -0.2) is 32.3 Å². The highest BCUT2D eigenvalue weighted by Gasteiger charge is 2.29. The minimum absolute atomic E-state index is 0.0586. The predicted molar refractivity (Wildman–Crippen MR) is 104 cm³/mol. The first kappa shape index (κ1) is 21.9. The maximum absolute atomic E-state index is 12.6. The average Bonchev–Trinajstić information content (AvgIpc) is 2.61. The van der Waals surface area contributed by atoms with E-state index in [0.29, 0.717) is 17.2 Å². The lowest BCUT2D eigenvalue weighted by atomic mass is 10.1. The van der Waals surface area contributed by atoms with Gasteiger partial charge in [-0.3, -0.25) is 0 Å². The molecule has 152 valence electrons. The minimum atomic E-state index is -4.20. The molecular weight excluding hydrogens is 382 g/mol. The largest absolute Gasteiger partial charge is 0.442 e. The van der Waals surface area contributed by atoms with Crippen molar-refractivity contribution in [3.63, 3.8) is 0 Å². The van der Waals surface area contributed by atoms with Crippen molar-refractivity contribution in [3.05, 3.63) is 65.7 Å². The van der Waals surface area contributed by atoms with E-state index < -0.39 is 21.8 Å². The monoisotopic (exact) mass is 407 g/mol. The maximum Gasteiger partial charge on any atom is 0.435 e. The molecule has 0 N–H and O–H groups in total. The second-order valence-corrected chi connectivity index (χ2v) is 8.64. The quantitative estimate of drug-likeness (QED) is 0.648. The molecule has 0 unspecified atom stereocenters. The SMILES string of the molecule is COCc1cccc(CN(OS(=O)(=O)c2ccccc2)C(=O)OC(C)(C)C)c1. The van der Waals surface area contributed by atoms with Gasteiger partial charge in [0, 0.05) is 7.11 Å². The van der Waals surface area contributed by atoms with E-state index in [-0.39, 0.29) is 11.4 Å². The molecule has 0 aliphatic rings. The van der Waals surface area contributed by atoms with Crippen molar-refractivity contribution in [3.8, 4) is 0 Å². The Bertz CT molecular complexity index is 890. The number of rotatable bonds is 7. The lowest BCUT2D eigenvalue weighted by molar-refractivity contribution is -0.0739. The number of benzene rings is 2. The first-order valence-electron chi connectivity index (χ1n) is 8.67. The molecule has 0 aliphatic heterocycles. The third kappa shape index (κ3) is 6.63. The molecule has 28 heavy (non-hydrogen) atoms. The molecule has 2 aromatic carbocycles. The molecule has 1 amide bonds. The second kappa shape index (κ2) is 9.18. The number of carbonyl (C=O) groups excluding carboxylic acids is 1. The standard InChI is InChI=1S/C20H25NO6S/c1-20(2,3)26-19(22)21(14-16-9-8-10-17(13-16)15-25-4)27-28(23,24)18-11-6-5-7-12-18/h5-13H,14-15H2,1-4H3. The summed E-state index contributed by atoms with van der Waals surface area (Å²) in [6.45, 7) is 5.35. The molecule has 0 bridgehead atoms. The van der Waals surface area contributed by atoms with E-state index in [1.54, 1.807) is 64.3 Å². The van der Waals surface area contributed by atoms with Crippen LogP contribution in [-0.2, 0) is 37.0 Å². The summed E-state index contributed by atoms with van der Waals surface area (Å²) in [4.78, 5) is 12.5. The van der Waals surface area contributed by atoms with Crippen LogP contribution in [0.3, 0.4) is 0 Å². The molecule has 0 radical (unpaired) electrons. The normalized spacial score (nSPS) is 11.9. The van der Waals surface area contributed by atoms with Crippen molar-refractivity contribution in [2.45, 2.75) is 44.4 Å². The number of ether oxygens (including phenoxy) is 2. The molecule has 0 aromatic heterocycles. The van der Waals surface area contributed by atoms with Crippen LogP contribution in [0.2, 0.25) is 0 Å². The van der Waals surface area contributed by atoms with Gasteiger partial charge >= 0.3 is 16.2 Å². The summed E-state index contributed by atoms with van der Waals surface area (Å²) < 4.78 is 40.7. The van der Waals surface area contributed by atoms with Gasteiger partial charge in [-0.25, -0.2) is 4.79 Å². The van der Waals surface area contributed by atoms with Crippen LogP contribution in [0.25, 0.3) is 0 Å². The number of hydroxylamine groups is 2. The smallest absolute Gasteiger partial charge is 0.435 e. The Morgan fingerprint density at radius 2 is 1.64 bits per heavy atom. The molecule has 2 aromatic rings. The van der Waals surface area contributed by atoms with Gasteiger partial charge in [0.15, 0.2) is 0 Å². The Kier molecular flexibility index (Phi) is 7.17. The van der Waals surface area contributed by atoms with Crippen LogP contribution in [0, 0.1) is 0 Å². The summed E-state index contributed by atoms with van der Waals surface area (Å²) in [6, 6.07) is 14.8. The van der Waals surface area contributed by atoms with Gasteiger partial charge in [-0.15, -0.1) is 4.28 Å². The fraction of sp³-hybridized carbons (Fsp3) is 0.350. The molecule has 7 nitrogen and oxygen atoms in total. The van der Waals surface area contributed by atoms with Crippen LogP contribution < -0.4 is 0 Å². The predicted octanol–water partition coefficient (Wildman–Crippen LogP) is 3.89. The lowest BCUT2D eigenvalue weighted by Gasteiger charge is -2.26. The molecular formula is C20H25NO6S. The summed E-state index contributed by atoms with van der Waals surface area (Å²) in [5.41, 5.74) is 0.742. The zero-order valence-electron chi connectivity index (χ0n) is 16.4. The van der Waals surface area contributed by atoms with Crippen molar-refractivity contribution in [2.24, 2.45) is 0 Å². The lowest BCUT2D eigenvalue weighted by Crippen LogP contribution is -2.38. The summed E-state index contributed by atoms with van der Waals surface area (Å²) >= 11 is 0. The molecule has 0 atom stereocenters. The van der Waals surface area contributed by atoms with Crippen molar-refractivity contribution < 1.29 is 27.0 Å². The van der Waals surface area contributed by atoms with E-state index in [1.807, 2.05) is 6.07 Å². The van der Waals surface area contributed by atoms with E-state index in [2.05, 4.69) is 0 Å². The summed E-state index contributed by atoms with van der Waals surface area (Å²) in [7, 11) is -2.62. The number of nitrogens with zero attached hydrogens (tertiary/aromatic N) is 1. The number of methoxy groups -OCH3 is 1. The van der Waals surface area contributed by atoms with Crippen LogP contribution in [0.5, 0.6) is 0 Å².